The van der Waals surface area contributed by atoms with E-state index in [2.05, 4.69) is 15.2 Å². The quantitative estimate of drug-likeness (QED) is 0.170. The van der Waals surface area contributed by atoms with Crippen LogP contribution >= 0.6 is 0 Å². The molecule has 2 N–H and O–H groups in total. The highest BCUT2D eigenvalue weighted by atomic mass is 16.6. The number of nitrogens with one attached hydrogen (secondary N) is 1. The zero-order chi connectivity index (χ0) is 18.6. The van der Waals surface area contributed by atoms with Crippen molar-refractivity contribution in [3.05, 3.63) is 12.2 Å². The molecule has 0 saturated carbocycles. The Hall–Kier alpha value is -2.58. The fourth-order valence-corrected chi connectivity index (χ4v) is 1.42. The van der Waals surface area contributed by atoms with Gasteiger partial charge in [0, 0.05) is 0 Å². The normalized spacial score (nSPS) is 12.8. The summed E-state index contributed by atoms with van der Waals surface area (Å²) in [5, 5.41) is 13.1. The van der Waals surface area contributed by atoms with Gasteiger partial charge < -0.3 is 24.7 Å². The number of esters is 2. The second kappa shape index (κ2) is 11.0. The fraction of sp³-hybridized carbons (Fsp3) is 0.600. The Bertz CT molecular complexity index is 481. The van der Waals surface area contributed by atoms with E-state index in [9.17, 15) is 14.4 Å². The maximum absolute atomic E-state index is 11.8. The monoisotopic (exact) mass is 344 g/mol. The van der Waals surface area contributed by atoms with Gasteiger partial charge in [-0.15, -0.1) is 0 Å². The number of nitrogens with zero attached hydrogens (tertiary/aromatic N) is 1. The summed E-state index contributed by atoms with van der Waals surface area (Å²) < 4.78 is 14.6. The molecule has 1 amide bonds. The molecule has 0 heterocycles. The van der Waals surface area contributed by atoms with E-state index < -0.39 is 29.7 Å². The molecule has 136 valence electrons. The molecule has 9 heteroatoms. The molecule has 0 aromatic rings. The van der Waals surface area contributed by atoms with Gasteiger partial charge in [0.25, 0.3) is 0 Å². The molecule has 0 aromatic carbocycles. The largest absolute Gasteiger partial charge is 0.464 e. The topological polar surface area (TPSA) is 124 Å². The van der Waals surface area contributed by atoms with Crippen LogP contribution in [0.15, 0.2) is 17.3 Å². The molecule has 0 aromatic heterocycles. The molecule has 0 bridgehead atoms. The maximum atomic E-state index is 11.8. The van der Waals surface area contributed by atoms with Crippen molar-refractivity contribution in [1.82, 2.24) is 5.32 Å². The van der Waals surface area contributed by atoms with E-state index in [1.165, 1.54) is 6.08 Å². The Morgan fingerprint density at radius 2 is 1.88 bits per heavy atom. The minimum atomic E-state index is -0.925. The van der Waals surface area contributed by atoms with Gasteiger partial charge in [-0.2, -0.15) is 0 Å². The average Bonchev–Trinajstić information content (AvgIpc) is 2.44. The summed E-state index contributed by atoms with van der Waals surface area (Å²) in [6.45, 7) is 6.86. The first-order valence-electron chi connectivity index (χ1n) is 7.35. The second-order valence-electron chi connectivity index (χ2n) is 5.53. The van der Waals surface area contributed by atoms with Crippen molar-refractivity contribution in [2.45, 2.75) is 45.8 Å². The van der Waals surface area contributed by atoms with E-state index in [4.69, 9.17) is 14.7 Å². The van der Waals surface area contributed by atoms with Crippen LogP contribution in [0.3, 0.4) is 0 Å². The maximum Gasteiger partial charge on any atom is 0.408 e. The van der Waals surface area contributed by atoms with Gasteiger partial charge in [-0.05, 0) is 34.1 Å². The first kappa shape index (κ1) is 21.4. The SMILES string of the molecule is CCOC(=O)C(C/C=C\COC(=O)/C=N/O)NC(=O)OC(C)(C)C. The molecular formula is C15H24N2O7. The Labute approximate surface area is 140 Å². The highest BCUT2D eigenvalue weighted by Crippen LogP contribution is 2.08. The lowest BCUT2D eigenvalue weighted by Gasteiger charge is -2.22. The number of hydrogen-bond donors (Lipinski definition) is 2. The molecule has 9 nitrogen and oxygen atoms in total. The summed E-state index contributed by atoms with van der Waals surface area (Å²) in [6, 6.07) is -0.925. The lowest BCUT2D eigenvalue weighted by Crippen LogP contribution is -2.44. The molecule has 0 rings (SSSR count). The van der Waals surface area contributed by atoms with Crippen molar-refractivity contribution in [1.29, 1.82) is 0 Å². The number of carbonyl (C=O) groups is 3. The smallest absolute Gasteiger partial charge is 0.408 e. The second-order valence-corrected chi connectivity index (χ2v) is 5.53. The Kier molecular flexibility index (Phi) is 9.85. The molecule has 0 aliphatic heterocycles. The summed E-state index contributed by atoms with van der Waals surface area (Å²) in [7, 11) is 0. The van der Waals surface area contributed by atoms with Crippen LogP contribution < -0.4 is 5.32 Å². The third kappa shape index (κ3) is 11.0. The lowest BCUT2D eigenvalue weighted by molar-refractivity contribution is -0.145. The zero-order valence-electron chi connectivity index (χ0n) is 14.3. The van der Waals surface area contributed by atoms with Crippen molar-refractivity contribution < 1.29 is 33.8 Å². The van der Waals surface area contributed by atoms with Gasteiger partial charge in [-0.25, -0.2) is 14.4 Å². The van der Waals surface area contributed by atoms with E-state index in [0.29, 0.717) is 6.21 Å². The number of rotatable bonds is 8. The average molecular weight is 344 g/mol. The summed E-state index contributed by atoms with van der Waals surface area (Å²) in [4.78, 5) is 34.5. The molecule has 0 fully saturated rings. The summed E-state index contributed by atoms with van der Waals surface area (Å²) in [5.41, 5.74) is -0.693. The summed E-state index contributed by atoms with van der Waals surface area (Å²) >= 11 is 0. The van der Waals surface area contributed by atoms with Crippen molar-refractivity contribution in [2.24, 2.45) is 5.16 Å². The van der Waals surface area contributed by atoms with Crippen LogP contribution in [-0.4, -0.2) is 54.3 Å². The van der Waals surface area contributed by atoms with Crippen LogP contribution in [0.2, 0.25) is 0 Å². The van der Waals surface area contributed by atoms with Gasteiger partial charge in [0.2, 0.25) is 0 Å². The molecule has 1 unspecified atom stereocenters. The molecule has 24 heavy (non-hydrogen) atoms. The molecular weight excluding hydrogens is 320 g/mol. The summed E-state index contributed by atoms with van der Waals surface area (Å²) in [6.07, 6.45) is 3.02. The van der Waals surface area contributed by atoms with Gasteiger partial charge in [-0.1, -0.05) is 17.3 Å². The highest BCUT2D eigenvalue weighted by Gasteiger charge is 2.24. The van der Waals surface area contributed by atoms with Gasteiger partial charge in [0.05, 0.1) is 6.61 Å². The fourth-order valence-electron chi connectivity index (χ4n) is 1.42. The van der Waals surface area contributed by atoms with Crippen LogP contribution in [0.1, 0.15) is 34.1 Å². The van der Waals surface area contributed by atoms with Crippen LogP contribution in [0, 0.1) is 0 Å². The van der Waals surface area contributed by atoms with Gasteiger partial charge in [0.1, 0.15) is 18.2 Å². The van der Waals surface area contributed by atoms with Crippen molar-refractivity contribution >= 4 is 24.2 Å². The Morgan fingerprint density at radius 1 is 1.21 bits per heavy atom. The van der Waals surface area contributed by atoms with E-state index in [1.54, 1.807) is 33.8 Å². The van der Waals surface area contributed by atoms with Crippen LogP contribution in [-0.2, 0) is 23.8 Å². The number of alkyl carbamates (subject to hydrolysis) is 1. The first-order chi connectivity index (χ1) is 11.2. The molecule has 0 radical (unpaired) electrons. The van der Waals surface area contributed by atoms with Crippen LogP contribution in [0.25, 0.3) is 0 Å². The Morgan fingerprint density at radius 3 is 2.42 bits per heavy atom. The molecule has 0 aliphatic carbocycles. The molecule has 0 aliphatic rings. The van der Waals surface area contributed by atoms with Crippen LogP contribution in [0.5, 0.6) is 0 Å². The van der Waals surface area contributed by atoms with E-state index >= 15 is 0 Å². The van der Waals surface area contributed by atoms with E-state index in [0.717, 1.165) is 0 Å². The highest BCUT2D eigenvalue weighted by molar-refractivity contribution is 6.22. The van der Waals surface area contributed by atoms with Gasteiger partial charge in [0.15, 0.2) is 6.21 Å². The van der Waals surface area contributed by atoms with E-state index in [-0.39, 0.29) is 19.6 Å². The van der Waals surface area contributed by atoms with Crippen LogP contribution in [0.4, 0.5) is 4.79 Å². The van der Waals surface area contributed by atoms with Crippen molar-refractivity contribution in [3.8, 4) is 0 Å². The van der Waals surface area contributed by atoms with Crippen molar-refractivity contribution in [2.75, 3.05) is 13.2 Å². The molecule has 0 spiro atoms. The first-order valence-corrected chi connectivity index (χ1v) is 7.35. The van der Waals surface area contributed by atoms with Gasteiger partial charge in [-0.3, -0.25) is 0 Å². The zero-order valence-corrected chi connectivity index (χ0v) is 14.3. The van der Waals surface area contributed by atoms with E-state index in [1.807, 2.05) is 0 Å². The number of ether oxygens (including phenoxy) is 3. The number of carbonyl (C=O) groups excluding carboxylic acids is 3. The minimum absolute atomic E-state index is 0.0766. The third-order valence-electron chi connectivity index (χ3n) is 2.29. The predicted molar refractivity (Wildman–Crippen MR) is 84.8 cm³/mol. The van der Waals surface area contributed by atoms with Gasteiger partial charge >= 0.3 is 18.0 Å². The van der Waals surface area contributed by atoms with Crippen molar-refractivity contribution in [3.63, 3.8) is 0 Å². The summed E-state index contributed by atoms with van der Waals surface area (Å²) in [5.74, 6) is -1.41. The third-order valence-corrected chi connectivity index (χ3v) is 2.29. The standard InChI is InChI=1S/C15H24N2O7/c1-5-22-13(19)11(17-14(20)24-15(2,3)4)8-6-7-9-23-12(18)10-16-21/h6-7,10-11,21H,5,8-9H2,1-4H3,(H,17,20)/b7-6-,16-10+. The Balaban J connectivity index is 4.54. The molecule has 1 atom stereocenters. The number of oxime groups is 1. The lowest BCUT2D eigenvalue weighted by atomic mass is 10.2. The minimum Gasteiger partial charge on any atom is -0.464 e. The number of hydrogen-bond acceptors (Lipinski definition) is 8. The molecule has 0 saturated heterocycles. The predicted octanol–water partition coefficient (Wildman–Crippen LogP) is 1.39. The number of amides is 1.